The Balaban J connectivity index is 3.10. The fourth-order valence-corrected chi connectivity index (χ4v) is 3.16. The summed E-state index contributed by atoms with van der Waals surface area (Å²) in [6.07, 6.45) is -0.549. The van der Waals surface area contributed by atoms with Gasteiger partial charge in [0.1, 0.15) is 5.54 Å². The predicted octanol–water partition coefficient (Wildman–Crippen LogP) is 3.54. The summed E-state index contributed by atoms with van der Waals surface area (Å²) in [5.74, 6) is -1.58. The van der Waals surface area contributed by atoms with E-state index in [1.54, 1.807) is 20.8 Å². The second kappa shape index (κ2) is 14.8. The zero-order chi connectivity index (χ0) is 26.4. The van der Waals surface area contributed by atoms with Crippen molar-refractivity contribution in [1.29, 1.82) is 0 Å². The molecular formula is C24H35NO10. The first-order valence-corrected chi connectivity index (χ1v) is 11.5. The summed E-state index contributed by atoms with van der Waals surface area (Å²) in [4.78, 5) is 48.2. The number of methoxy groups -OCH3 is 1. The predicted molar refractivity (Wildman–Crippen MR) is 124 cm³/mol. The van der Waals surface area contributed by atoms with Gasteiger partial charge in [-0.15, -0.1) is 0 Å². The van der Waals surface area contributed by atoms with Crippen LogP contribution in [0.1, 0.15) is 52.5 Å². The van der Waals surface area contributed by atoms with Crippen molar-refractivity contribution in [1.82, 2.24) is 0 Å². The van der Waals surface area contributed by atoms with Crippen molar-refractivity contribution in [3.8, 4) is 11.5 Å². The molecule has 196 valence electrons. The second-order valence-corrected chi connectivity index (χ2v) is 7.78. The molecule has 0 heterocycles. The first-order valence-electron chi connectivity index (χ1n) is 11.5. The fraction of sp³-hybridized carbons (Fsp3) is 0.583. The Morgan fingerprint density at radius 1 is 0.943 bits per heavy atom. The molecule has 0 saturated carbocycles. The van der Waals surface area contributed by atoms with E-state index in [4.69, 9.17) is 34.2 Å². The van der Waals surface area contributed by atoms with E-state index in [9.17, 15) is 19.2 Å². The summed E-state index contributed by atoms with van der Waals surface area (Å²) in [6, 6.07) is 4.28. The number of carbonyl (C=O) groups excluding carboxylic acids is 4. The Bertz CT molecular complexity index is 872. The van der Waals surface area contributed by atoms with Crippen LogP contribution in [0, 0.1) is 5.92 Å². The molecular weight excluding hydrogens is 462 g/mol. The number of benzene rings is 1. The molecule has 35 heavy (non-hydrogen) atoms. The van der Waals surface area contributed by atoms with E-state index in [1.807, 2.05) is 6.92 Å². The largest absolute Gasteiger partial charge is 0.513 e. The van der Waals surface area contributed by atoms with Crippen LogP contribution in [0.25, 0.3) is 0 Å². The summed E-state index contributed by atoms with van der Waals surface area (Å²) in [5.41, 5.74) is 5.27. The lowest BCUT2D eigenvalue weighted by atomic mass is 9.88. The average Bonchev–Trinajstić information content (AvgIpc) is 2.80. The zero-order valence-corrected chi connectivity index (χ0v) is 20.9. The molecule has 0 aliphatic heterocycles. The molecule has 1 aromatic rings. The molecule has 1 unspecified atom stereocenters. The zero-order valence-electron chi connectivity index (χ0n) is 20.9. The van der Waals surface area contributed by atoms with E-state index in [1.165, 1.54) is 25.3 Å². The fourth-order valence-electron chi connectivity index (χ4n) is 3.16. The van der Waals surface area contributed by atoms with Crippen molar-refractivity contribution < 1.29 is 47.6 Å². The number of hydrogen-bond acceptors (Lipinski definition) is 11. The van der Waals surface area contributed by atoms with Crippen LogP contribution in [0.2, 0.25) is 0 Å². The lowest BCUT2D eigenvalue weighted by Gasteiger charge is -2.27. The minimum absolute atomic E-state index is 0.0145. The molecule has 0 fully saturated rings. The molecule has 0 aliphatic rings. The van der Waals surface area contributed by atoms with E-state index < -0.39 is 23.8 Å². The number of hydrogen-bond donors (Lipinski definition) is 1. The van der Waals surface area contributed by atoms with Gasteiger partial charge in [0.05, 0.1) is 32.8 Å². The van der Waals surface area contributed by atoms with Crippen molar-refractivity contribution in [2.45, 2.75) is 58.9 Å². The van der Waals surface area contributed by atoms with Crippen molar-refractivity contribution in [2.24, 2.45) is 11.7 Å². The van der Waals surface area contributed by atoms with E-state index >= 15 is 0 Å². The molecule has 0 aliphatic carbocycles. The van der Waals surface area contributed by atoms with Gasteiger partial charge in [-0.2, -0.15) is 0 Å². The summed E-state index contributed by atoms with van der Waals surface area (Å²) >= 11 is 0. The van der Waals surface area contributed by atoms with Gasteiger partial charge in [-0.25, -0.2) is 9.59 Å². The quantitative estimate of drug-likeness (QED) is 0.242. The molecule has 2 atom stereocenters. The van der Waals surface area contributed by atoms with Crippen LogP contribution in [0.4, 0.5) is 9.59 Å². The van der Waals surface area contributed by atoms with Crippen molar-refractivity contribution in [2.75, 3.05) is 26.9 Å². The highest BCUT2D eigenvalue weighted by Crippen LogP contribution is 2.31. The van der Waals surface area contributed by atoms with Gasteiger partial charge >= 0.3 is 24.2 Å². The first kappa shape index (κ1) is 29.7. The molecule has 11 heteroatoms. The van der Waals surface area contributed by atoms with Gasteiger partial charge in [-0.1, -0.05) is 26.3 Å². The van der Waals surface area contributed by atoms with Crippen LogP contribution in [0.15, 0.2) is 18.2 Å². The minimum Gasteiger partial charge on any atom is -0.468 e. The smallest absolute Gasteiger partial charge is 0.468 e. The molecule has 1 rings (SSSR count). The van der Waals surface area contributed by atoms with Gasteiger partial charge in [-0.3, -0.25) is 9.59 Å². The third kappa shape index (κ3) is 9.81. The molecule has 0 spiro atoms. The third-order valence-electron chi connectivity index (χ3n) is 4.95. The number of esters is 2. The van der Waals surface area contributed by atoms with Crippen molar-refractivity contribution in [3.05, 3.63) is 23.8 Å². The van der Waals surface area contributed by atoms with Crippen LogP contribution < -0.4 is 15.2 Å². The molecule has 0 radical (unpaired) electrons. The Morgan fingerprint density at radius 2 is 1.54 bits per heavy atom. The molecule has 0 amide bonds. The number of rotatable bonds is 13. The van der Waals surface area contributed by atoms with E-state index in [-0.39, 0.29) is 56.0 Å². The Kier molecular flexibility index (Phi) is 12.6. The number of carbonyl (C=O) groups is 4. The second-order valence-electron chi connectivity index (χ2n) is 7.78. The van der Waals surface area contributed by atoms with Crippen LogP contribution in [-0.2, 0) is 35.0 Å². The monoisotopic (exact) mass is 497 g/mol. The van der Waals surface area contributed by atoms with Gasteiger partial charge in [0.2, 0.25) is 0 Å². The summed E-state index contributed by atoms with van der Waals surface area (Å²) < 4.78 is 29.9. The highest BCUT2D eigenvalue weighted by Gasteiger charge is 2.36. The van der Waals surface area contributed by atoms with Crippen LogP contribution in [-0.4, -0.2) is 56.7 Å². The van der Waals surface area contributed by atoms with Gasteiger partial charge in [0, 0.05) is 12.8 Å². The summed E-state index contributed by atoms with van der Waals surface area (Å²) in [5, 5.41) is 0. The topological polar surface area (TPSA) is 150 Å². The first-order chi connectivity index (χ1) is 16.6. The van der Waals surface area contributed by atoms with Gasteiger partial charge in [0.15, 0.2) is 11.5 Å². The maximum absolute atomic E-state index is 12.5. The molecule has 11 nitrogen and oxygen atoms in total. The molecule has 0 saturated heterocycles. The van der Waals surface area contributed by atoms with Crippen molar-refractivity contribution in [3.63, 3.8) is 0 Å². The van der Waals surface area contributed by atoms with Crippen LogP contribution in [0.5, 0.6) is 11.5 Å². The van der Waals surface area contributed by atoms with Crippen molar-refractivity contribution >= 4 is 24.2 Å². The SMILES string of the molecule is CCCC(C)C(=O)OCC[C@@](N)(Cc1ccc(OC(=O)OCC)c(OC(=O)OCC)c1)C(=O)OC. The average molecular weight is 498 g/mol. The Labute approximate surface area is 205 Å². The minimum atomic E-state index is -1.55. The molecule has 1 aromatic carbocycles. The Hall–Kier alpha value is -3.34. The highest BCUT2D eigenvalue weighted by molar-refractivity contribution is 5.81. The molecule has 0 aromatic heterocycles. The maximum Gasteiger partial charge on any atom is 0.513 e. The van der Waals surface area contributed by atoms with Crippen LogP contribution >= 0.6 is 0 Å². The van der Waals surface area contributed by atoms with E-state index in [2.05, 4.69) is 0 Å². The van der Waals surface area contributed by atoms with E-state index in [0.29, 0.717) is 12.0 Å². The van der Waals surface area contributed by atoms with Gasteiger partial charge in [0.25, 0.3) is 0 Å². The number of ether oxygens (including phenoxy) is 6. The molecule has 2 N–H and O–H groups in total. The molecule has 0 bridgehead atoms. The highest BCUT2D eigenvalue weighted by atomic mass is 16.7. The normalized spacial score (nSPS) is 13.1. The van der Waals surface area contributed by atoms with Gasteiger partial charge < -0.3 is 34.2 Å². The standard InChI is InChI=1S/C24H35NO10/c1-6-9-16(4)20(26)33-13-12-24(25,21(27)30-5)15-17-10-11-18(34-22(28)31-7-2)19(14-17)35-23(29)32-8-3/h10-11,14,16H,6-9,12-13,15,25H2,1-5H3/t16?,24-/m1/s1. The lowest BCUT2D eigenvalue weighted by Crippen LogP contribution is -2.51. The summed E-state index contributed by atoms with van der Waals surface area (Å²) in [6.45, 7) is 7.01. The van der Waals surface area contributed by atoms with E-state index in [0.717, 1.165) is 6.42 Å². The third-order valence-corrected chi connectivity index (χ3v) is 4.95. The summed E-state index contributed by atoms with van der Waals surface area (Å²) in [7, 11) is 1.20. The van der Waals surface area contributed by atoms with Crippen LogP contribution in [0.3, 0.4) is 0 Å². The van der Waals surface area contributed by atoms with Gasteiger partial charge in [-0.05, 0) is 38.0 Å². The maximum atomic E-state index is 12.5. The Morgan fingerprint density at radius 3 is 2.09 bits per heavy atom. The lowest BCUT2D eigenvalue weighted by molar-refractivity contribution is -0.153. The number of nitrogens with two attached hydrogens (primary N) is 1.